The van der Waals surface area contributed by atoms with Crippen LogP contribution < -0.4 is 10.2 Å². The number of nitrogens with one attached hydrogen (secondary N) is 1. The summed E-state index contributed by atoms with van der Waals surface area (Å²) in [5.41, 5.74) is 1.76. The molecule has 2 rings (SSSR count). The van der Waals surface area contributed by atoms with Crippen molar-refractivity contribution in [3.8, 4) is 6.07 Å². The smallest absolute Gasteiger partial charge is 0.0992 e. The van der Waals surface area contributed by atoms with E-state index in [2.05, 4.69) is 30.1 Å². The zero-order valence-electron chi connectivity index (χ0n) is 11.6. The Morgan fingerprint density at radius 2 is 2.32 bits per heavy atom. The van der Waals surface area contributed by atoms with Crippen molar-refractivity contribution in [1.29, 1.82) is 5.26 Å². The van der Waals surface area contributed by atoms with Gasteiger partial charge in [0.15, 0.2) is 0 Å². The van der Waals surface area contributed by atoms with Crippen LogP contribution in [0.3, 0.4) is 0 Å². The summed E-state index contributed by atoms with van der Waals surface area (Å²) in [5, 5.41) is 21.6. The van der Waals surface area contributed by atoms with Crippen molar-refractivity contribution in [3.05, 3.63) is 29.8 Å². The molecule has 0 spiro atoms. The lowest BCUT2D eigenvalue weighted by atomic mass is 9.95. The lowest BCUT2D eigenvalue weighted by molar-refractivity contribution is 0.239. The van der Waals surface area contributed by atoms with E-state index in [0.29, 0.717) is 11.6 Å². The predicted molar refractivity (Wildman–Crippen MR) is 76.1 cm³/mol. The van der Waals surface area contributed by atoms with Crippen molar-refractivity contribution < 1.29 is 5.11 Å². The fourth-order valence-corrected chi connectivity index (χ4v) is 2.57. The van der Waals surface area contributed by atoms with Crippen LogP contribution in [0.4, 0.5) is 5.69 Å². The first kappa shape index (κ1) is 13.9. The van der Waals surface area contributed by atoms with Crippen molar-refractivity contribution >= 4 is 5.69 Å². The highest BCUT2D eigenvalue weighted by atomic mass is 16.3. The largest absolute Gasteiger partial charge is 0.396 e. The fourth-order valence-electron chi connectivity index (χ4n) is 2.57. The molecule has 102 valence electrons. The van der Waals surface area contributed by atoms with Crippen LogP contribution in [0.1, 0.15) is 25.8 Å². The quantitative estimate of drug-likeness (QED) is 0.863. The Morgan fingerprint density at radius 3 is 3.00 bits per heavy atom. The van der Waals surface area contributed by atoms with Crippen molar-refractivity contribution in [3.63, 3.8) is 0 Å². The van der Waals surface area contributed by atoms with Crippen molar-refractivity contribution in [2.45, 2.75) is 31.8 Å². The van der Waals surface area contributed by atoms with Crippen molar-refractivity contribution in [2.75, 3.05) is 24.6 Å². The molecule has 19 heavy (non-hydrogen) atoms. The number of benzene rings is 1. The summed E-state index contributed by atoms with van der Waals surface area (Å²) in [5.74, 6) is 0. The lowest BCUT2D eigenvalue weighted by Crippen LogP contribution is -2.62. The molecule has 4 nitrogen and oxygen atoms in total. The number of nitrogens with zero attached hydrogens (tertiary/aromatic N) is 2. The van der Waals surface area contributed by atoms with Crippen LogP contribution in [-0.2, 0) is 0 Å². The third kappa shape index (κ3) is 3.06. The molecular weight excluding hydrogens is 238 g/mol. The second kappa shape index (κ2) is 5.60. The SMILES string of the molecule is CC1(C)CNC(CCO)CN1c1cccc(C#N)c1. The summed E-state index contributed by atoms with van der Waals surface area (Å²) in [6, 6.07) is 10.2. The molecule has 1 aromatic rings. The molecule has 1 aromatic carbocycles. The van der Waals surface area contributed by atoms with Crippen LogP contribution in [0.15, 0.2) is 24.3 Å². The number of rotatable bonds is 3. The minimum atomic E-state index is 0.0000345. The molecule has 1 aliphatic rings. The highest BCUT2D eigenvalue weighted by molar-refractivity contribution is 5.54. The summed E-state index contributed by atoms with van der Waals surface area (Å²) in [6.07, 6.45) is 0.754. The van der Waals surface area contributed by atoms with Crippen LogP contribution >= 0.6 is 0 Å². The maximum atomic E-state index is 9.09. The molecule has 4 heteroatoms. The van der Waals surface area contributed by atoms with E-state index in [9.17, 15) is 0 Å². The van der Waals surface area contributed by atoms with Crippen LogP contribution in [0, 0.1) is 11.3 Å². The van der Waals surface area contributed by atoms with Gasteiger partial charge in [-0.2, -0.15) is 5.26 Å². The number of hydrogen-bond donors (Lipinski definition) is 2. The standard InChI is InChI=1S/C15H21N3O/c1-15(2)11-17-13(6-7-19)10-18(15)14-5-3-4-12(8-14)9-16/h3-5,8,13,17,19H,6-7,10-11H2,1-2H3. The Bertz CT molecular complexity index is 479. The molecule has 1 heterocycles. The van der Waals surface area contributed by atoms with Gasteiger partial charge in [0.1, 0.15) is 0 Å². The molecule has 1 atom stereocenters. The summed E-state index contributed by atoms with van der Waals surface area (Å²) < 4.78 is 0. The summed E-state index contributed by atoms with van der Waals surface area (Å²) in [6.45, 7) is 6.30. The van der Waals surface area contributed by atoms with Gasteiger partial charge in [-0.1, -0.05) is 6.07 Å². The Kier molecular flexibility index (Phi) is 4.08. The van der Waals surface area contributed by atoms with Crippen LogP contribution in [0.2, 0.25) is 0 Å². The summed E-state index contributed by atoms with van der Waals surface area (Å²) >= 11 is 0. The van der Waals surface area contributed by atoms with E-state index >= 15 is 0 Å². The zero-order chi connectivity index (χ0) is 13.9. The third-order valence-electron chi connectivity index (χ3n) is 3.72. The maximum absolute atomic E-state index is 9.09. The molecule has 2 N–H and O–H groups in total. The van der Waals surface area contributed by atoms with Crippen LogP contribution in [-0.4, -0.2) is 36.4 Å². The first-order chi connectivity index (χ1) is 9.06. The second-order valence-corrected chi connectivity index (χ2v) is 5.68. The monoisotopic (exact) mass is 259 g/mol. The van der Waals surface area contributed by atoms with Gasteiger partial charge in [-0.15, -0.1) is 0 Å². The van der Waals surface area contributed by atoms with Crippen LogP contribution in [0.25, 0.3) is 0 Å². The summed E-state index contributed by atoms with van der Waals surface area (Å²) in [4.78, 5) is 2.32. The van der Waals surface area contributed by atoms with Gasteiger partial charge in [-0.05, 0) is 38.5 Å². The highest BCUT2D eigenvalue weighted by Gasteiger charge is 2.33. The molecule has 1 unspecified atom stereocenters. The van der Waals surface area contributed by atoms with Gasteiger partial charge >= 0.3 is 0 Å². The average Bonchev–Trinajstić information content (AvgIpc) is 2.41. The fraction of sp³-hybridized carbons (Fsp3) is 0.533. The van der Waals surface area contributed by atoms with Crippen LogP contribution in [0.5, 0.6) is 0 Å². The normalized spacial score (nSPS) is 22.0. The van der Waals surface area contributed by atoms with Gasteiger partial charge in [-0.25, -0.2) is 0 Å². The van der Waals surface area contributed by atoms with Crippen molar-refractivity contribution in [2.24, 2.45) is 0 Å². The van der Waals surface area contributed by atoms with Crippen molar-refractivity contribution in [1.82, 2.24) is 5.32 Å². The van der Waals surface area contributed by atoms with Gasteiger partial charge < -0.3 is 15.3 Å². The topological polar surface area (TPSA) is 59.3 Å². The van der Waals surface area contributed by atoms with Gasteiger partial charge in [-0.3, -0.25) is 0 Å². The molecule has 0 saturated carbocycles. The molecule has 1 saturated heterocycles. The van der Waals surface area contributed by atoms with E-state index in [1.54, 1.807) is 0 Å². The molecule has 1 aliphatic heterocycles. The molecule has 1 fully saturated rings. The first-order valence-corrected chi connectivity index (χ1v) is 6.69. The third-order valence-corrected chi connectivity index (χ3v) is 3.72. The number of nitriles is 1. The number of aliphatic hydroxyl groups is 1. The van der Waals surface area contributed by atoms with Gasteiger partial charge in [0.05, 0.1) is 11.6 Å². The van der Waals surface area contributed by atoms with E-state index in [4.69, 9.17) is 10.4 Å². The predicted octanol–water partition coefficient (Wildman–Crippen LogP) is 1.50. The van der Waals surface area contributed by atoms with E-state index in [-0.39, 0.29) is 12.1 Å². The average molecular weight is 259 g/mol. The van der Waals surface area contributed by atoms with Gasteiger partial charge in [0.2, 0.25) is 0 Å². The molecule has 0 bridgehead atoms. The Labute approximate surface area is 114 Å². The minimum Gasteiger partial charge on any atom is -0.396 e. The summed E-state index contributed by atoms with van der Waals surface area (Å²) in [7, 11) is 0. The first-order valence-electron chi connectivity index (χ1n) is 6.69. The number of aliphatic hydroxyl groups excluding tert-OH is 1. The maximum Gasteiger partial charge on any atom is 0.0992 e. The Balaban J connectivity index is 2.25. The number of piperazine rings is 1. The van der Waals surface area contributed by atoms with E-state index in [1.165, 1.54) is 0 Å². The van der Waals surface area contributed by atoms with E-state index in [0.717, 1.165) is 25.2 Å². The van der Waals surface area contributed by atoms with E-state index < -0.39 is 0 Å². The molecule has 0 radical (unpaired) electrons. The lowest BCUT2D eigenvalue weighted by Gasteiger charge is -2.47. The Morgan fingerprint density at radius 1 is 1.53 bits per heavy atom. The van der Waals surface area contributed by atoms with Gasteiger partial charge in [0, 0.05) is 37.0 Å². The zero-order valence-corrected chi connectivity index (χ0v) is 11.6. The van der Waals surface area contributed by atoms with Gasteiger partial charge in [0.25, 0.3) is 0 Å². The minimum absolute atomic E-state index is 0.0000345. The Hall–Kier alpha value is -1.57. The molecule has 0 aromatic heterocycles. The number of hydrogen-bond acceptors (Lipinski definition) is 4. The van der Waals surface area contributed by atoms with E-state index in [1.807, 2.05) is 24.3 Å². The highest BCUT2D eigenvalue weighted by Crippen LogP contribution is 2.27. The molecular formula is C15H21N3O. The second-order valence-electron chi connectivity index (χ2n) is 5.68. The molecule has 0 aliphatic carbocycles. The number of anilines is 1. The molecule has 0 amide bonds.